The number of aromatic hydroxyl groups is 1. The fourth-order valence-corrected chi connectivity index (χ4v) is 2.91. The maximum absolute atomic E-state index is 8.85. The van der Waals surface area contributed by atoms with Crippen LogP contribution in [0.15, 0.2) is 48.5 Å². The van der Waals surface area contributed by atoms with E-state index in [0.29, 0.717) is 5.75 Å². The van der Waals surface area contributed by atoms with Gasteiger partial charge in [0, 0.05) is 0 Å². The van der Waals surface area contributed by atoms with E-state index >= 15 is 0 Å². The quantitative estimate of drug-likeness (QED) is 0.169. The van der Waals surface area contributed by atoms with E-state index < -0.39 is 0 Å². The molecule has 0 aliphatic rings. The Hall–Kier alpha value is -0.335. The Kier molecular flexibility index (Phi) is 34.6. The number of unbranched alkanes of at least 4 members (excludes halogenated alkanes) is 6. The molecular formula is C31H54BBr3O3. The van der Waals surface area contributed by atoms with Crippen LogP contribution in [-0.4, -0.2) is 30.7 Å². The summed E-state index contributed by atoms with van der Waals surface area (Å²) in [6.45, 7) is 14.3. The molecular weight excluding hydrogens is 671 g/mol. The molecule has 38 heavy (non-hydrogen) atoms. The van der Waals surface area contributed by atoms with Crippen LogP contribution in [0.4, 0.5) is 0 Å². The predicted octanol–water partition coefficient (Wildman–Crippen LogP) is 10.8. The summed E-state index contributed by atoms with van der Waals surface area (Å²) in [6.07, 6.45) is 11.9. The molecule has 2 aromatic carbocycles. The third kappa shape index (κ3) is 42.7. The van der Waals surface area contributed by atoms with E-state index in [-0.39, 0.29) is 15.4 Å². The maximum Gasteiger partial charge on any atom is 0.369 e. The lowest BCUT2D eigenvalue weighted by Crippen LogP contribution is -1.97. The lowest BCUT2D eigenvalue weighted by atomic mass is 10.1. The van der Waals surface area contributed by atoms with Crippen molar-refractivity contribution in [3.63, 3.8) is 0 Å². The zero-order valence-electron chi connectivity index (χ0n) is 24.9. The van der Waals surface area contributed by atoms with E-state index in [4.69, 9.17) is 15.3 Å². The number of hydrogen-bond donors (Lipinski definition) is 3. The fraction of sp³-hybridized carbons (Fsp3) is 0.613. The summed E-state index contributed by atoms with van der Waals surface area (Å²) in [5.41, 5.74) is 3.83. The van der Waals surface area contributed by atoms with Crippen molar-refractivity contribution in [1.29, 1.82) is 0 Å². The number of hydrogen-bond acceptors (Lipinski definition) is 3. The van der Waals surface area contributed by atoms with Gasteiger partial charge in [-0.1, -0.05) is 118 Å². The van der Waals surface area contributed by atoms with E-state index in [2.05, 4.69) is 99.2 Å². The summed E-state index contributed by atoms with van der Waals surface area (Å²) < 4.78 is 0.271. The van der Waals surface area contributed by atoms with Crippen molar-refractivity contribution in [2.24, 2.45) is 0 Å². The van der Waals surface area contributed by atoms with Gasteiger partial charge in [0.05, 0.1) is 12.2 Å². The lowest BCUT2D eigenvalue weighted by molar-refractivity contribution is 0.180. The number of benzene rings is 2. The van der Waals surface area contributed by atoms with Gasteiger partial charge in [0.25, 0.3) is 0 Å². The topological polar surface area (TPSA) is 60.7 Å². The minimum absolute atomic E-state index is 0.0955. The van der Waals surface area contributed by atoms with Crippen LogP contribution in [0.3, 0.4) is 0 Å². The average Bonchev–Trinajstić information content (AvgIpc) is 2.84. The largest absolute Gasteiger partial charge is 0.508 e. The normalized spacial score (nSPS) is 11.1. The summed E-state index contributed by atoms with van der Waals surface area (Å²) >= 11 is 9.31. The van der Waals surface area contributed by atoms with Crippen molar-refractivity contribution in [2.75, 3.05) is 0 Å². The molecule has 0 amide bonds. The van der Waals surface area contributed by atoms with Gasteiger partial charge < -0.3 is 15.3 Å². The van der Waals surface area contributed by atoms with Crippen LogP contribution < -0.4 is 0 Å². The Morgan fingerprint density at radius 3 is 1.05 bits per heavy atom. The molecule has 0 saturated heterocycles. The highest BCUT2D eigenvalue weighted by molar-refractivity contribution is 9.69. The molecule has 2 rings (SSSR count). The van der Waals surface area contributed by atoms with Crippen LogP contribution in [0.2, 0.25) is 0 Å². The van der Waals surface area contributed by atoms with Crippen molar-refractivity contribution in [3.8, 4) is 5.75 Å². The van der Waals surface area contributed by atoms with Gasteiger partial charge in [-0.25, -0.2) is 0 Å². The van der Waals surface area contributed by atoms with Gasteiger partial charge in [0.2, 0.25) is 0 Å². The van der Waals surface area contributed by atoms with Gasteiger partial charge in [-0.15, -0.1) is 47.3 Å². The molecule has 0 heterocycles. The molecule has 7 heteroatoms. The molecule has 0 aliphatic heterocycles. The average molecular weight is 725 g/mol. The molecule has 3 N–H and O–H groups in total. The standard InChI is InChI=1S/2C8H18O.C8H10.C7H8O.BBr3/c2*1-3-4-5-6-7-8(2)9;1-7-3-5-8(2)6-4-7;1-6-2-4-7(8)5-3-6;2-1(3)4/h2*8-9H,3-7H2,1-2H3;3-6H,1-2H3;2-5,8H,1H3;/t2*8-;;;/m00.../s1. The first-order valence-electron chi connectivity index (χ1n) is 13.9. The first kappa shape index (κ1) is 42.1. The van der Waals surface area contributed by atoms with Crippen LogP contribution >= 0.6 is 47.3 Å². The Balaban J connectivity index is -0.000000411. The van der Waals surface area contributed by atoms with E-state index in [0.717, 1.165) is 12.8 Å². The van der Waals surface area contributed by atoms with Crippen LogP contribution in [0, 0.1) is 20.8 Å². The number of aryl methyl sites for hydroxylation is 3. The fourth-order valence-electron chi connectivity index (χ4n) is 2.91. The number of rotatable bonds is 10. The predicted molar refractivity (Wildman–Crippen MR) is 182 cm³/mol. The summed E-state index contributed by atoms with van der Waals surface area (Å²) in [4.78, 5) is 0. The van der Waals surface area contributed by atoms with Gasteiger partial charge in [-0.05, 0) is 59.6 Å². The second kappa shape index (κ2) is 31.2. The molecule has 220 valence electrons. The number of halogens is 3. The highest BCUT2D eigenvalue weighted by Crippen LogP contribution is 2.08. The molecule has 0 fully saturated rings. The minimum Gasteiger partial charge on any atom is -0.508 e. The molecule has 0 aliphatic carbocycles. The summed E-state index contributed by atoms with van der Waals surface area (Å²) in [7, 11) is 0. The van der Waals surface area contributed by atoms with Crippen LogP contribution in [-0.2, 0) is 0 Å². The molecule has 0 aromatic heterocycles. The molecule has 2 atom stereocenters. The van der Waals surface area contributed by atoms with Crippen LogP contribution in [0.5, 0.6) is 5.75 Å². The van der Waals surface area contributed by atoms with Gasteiger partial charge in [0.1, 0.15) is 5.75 Å². The van der Waals surface area contributed by atoms with Crippen LogP contribution in [0.25, 0.3) is 0 Å². The van der Waals surface area contributed by atoms with Crippen molar-refractivity contribution in [3.05, 3.63) is 65.2 Å². The van der Waals surface area contributed by atoms with Crippen molar-refractivity contribution in [1.82, 2.24) is 0 Å². The molecule has 2 aromatic rings. The Bertz CT molecular complexity index is 605. The zero-order chi connectivity index (χ0) is 29.8. The summed E-state index contributed by atoms with van der Waals surface area (Å²) in [5.74, 6) is 0.329. The molecule has 0 spiro atoms. The SMILES string of the molecule is BrB(Br)Br.CCCCCC[C@H](C)O.CCCCCC[C@H](C)O.Cc1ccc(C)cc1.Cc1ccc(O)cc1. The van der Waals surface area contributed by atoms with Crippen molar-refractivity contribution < 1.29 is 15.3 Å². The zero-order valence-corrected chi connectivity index (χ0v) is 29.7. The van der Waals surface area contributed by atoms with E-state index in [9.17, 15) is 0 Å². The second-order valence-corrected chi connectivity index (χ2v) is 16.1. The molecule has 0 radical (unpaired) electrons. The van der Waals surface area contributed by atoms with Crippen LogP contribution in [0.1, 0.15) is 109 Å². The highest BCUT2D eigenvalue weighted by Gasteiger charge is 1.94. The summed E-state index contributed by atoms with van der Waals surface area (Å²) in [5, 5.41) is 26.5. The molecule has 0 saturated carbocycles. The smallest absolute Gasteiger partial charge is 0.369 e. The van der Waals surface area contributed by atoms with Gasteiger partial charge in [-0.3, -0.25) is 0 Å². The van der Waals surface area contributed by atoms with Gasteiger partial charge in [-0.2, -0.15) is 0 Å². The number of phenols is 1. The van der Waals surface area contributed by atoms with Crippen molar-refractivity contribution in [2.45, 2.75) is 125 Å². The van der Waals surface area contributed by atoms with E-state index in [1.54, 1.807) is 12.1 Å². The monoisotopic (exact) mass is 722 g/mol. The van der Waals surface area contributed by atoms with E-state index in [1.165, 1.54) is 68.1 Å². The maximum atomic E-state index is 8.85. The third-order valence-corrected chi connectivity index (χ3v) is 5.20. The molecule has 0 unspecified atom stereocenters. The number of aliphatic hydroxyl groups is 2. The Morgan fingerprint density at radius 1 is 0.579 bits per heavy atom. The number of aliphatic hydroxyl groups excluding tert-OH is 2. The number of phenolic OH excluding ortho intramolecular Hbond substituents is 1. The molecule has 3 nitrogen and oxygen atoms in total. The lowest BCUT2D eigenvalue weighted by Gasteiger charge is -2.01. The Morgan fingerprint density at radius 2 is 0.842 bits per heavy atom. The Labute approximate surface area is 260 Å². The molecule has 0 bridgehead atoms. The van der Waals surface area contributed by atoms with E-state index in [1.807, 2.05) is 32.9 Å². The summed E-state index contributed by atoms with van der Waals surface area (Å²) in [6, 6.07) is 15.6. The third-order valence-electron chi connectivity index (χ3n) is 5.20. The van der Waals surface area contributed by atoms with Crippen molar-refractivity contribution >= 4 is 50.5 Å². The first-order valence-corrected chi connectivity index (χ1v) is 16.7. The second-order valence-electron chi connectivity index (χ2n) is 9.63. The van der Waals surface area contributed by atoms with Gasteiger partial charge >= 0.3 is 3.18 Å². The minimum atomic E-state index is -0.0955. The first-order chi connectivity index (χ1) is 17.8. The van der Waals surface area contributed by atoms with Gasteiger partial charge in [0.15, 0.2) is 0 Å². The highest BCUT2D eigenvalue weighted by atomic mass is 79.9.